The van der Waals surface area contributed by atoms with Crippen molar-refractivity contribution < 1.29 is 9.47 Å². The molecule has 0 radical (unpaired) electrons. The number of ether oxygens (including phenoxy) is 2. The van der Waals surface area contributed by atoms with E-state index in [-0.39, 0.29) is 11.7 Å². The van der Waals surface area contributed by atoms with Gasteiger partial charge in [-0.05, 0) is 62.0 Å². The van der Waals surface area contributed by atoms with Crippen molar-refractivity contribution in [2.24, 2.45) is 17.8 Å². The van der Waals surface area contributed by atoms with Crippen LogP contribution in [0, 0.1) is 17.8 Å². The van der Waals surface area contributed by atoms with Gasteiger partial charge in [-0.2, -0.15) is 0 Å². The number of nitrogens with zero attached hydrogens (tertiary/aromatic N) is 1. The van der Waals surface area contributed by atoms with Crippen molar-refractivity contribution in [1.82, 2.24) is 4.98 Å². The first-order valence-electron chi connectivity index (χ1n) is 8.83. The van der Waals surface area contributed by atoms with Gasteiger partial charge < -0.3 is 9.47 Å². The molecule has 3 fully saturated rings. The first-order chi connectivity index (χ1) is 10.6. The molecule has 2 atom stereocenters. The predicted molar refractivity (Wildman–Crippen MR) is 85.5 cm³/mol. The molecule has 22 heavy (non-hydrogen) atoms. The fourth-order valence-electron chi connectivity index (χ4n) is 5.25. The summed E-state index contributed by atoms with van der Waals surface area (Å²) < 4.78 is 11.2. The number of aromatic nitrogens is 1. The van der Waals surface area contributed by atoms with Gasteiger partial charge >= 0.3 is 0 Å². The summed E-state index contributed by atoms with van der Waals surface area (Å²) >= 11 is 0. The van der Waals surface area contributed by atoms with Crippen LogP contribution in [-0.2, 0) is 14.9 Å². The van der Waals surface area contributed by atoms with Crippen molar-refractivity contribution >= 4 is 0 Å². The van der Waals surface area contributed by atoms with Crippen LogP contribution in [0.15, 0.2) is 18.2 Å². The number of hydrogen-bond acceptors (Lipinski definition) is 3. The molecule has 3 aliphatic rings. The van der Waals surface area contributed by atoms with Crippen molar-refractivity contribution in [3.63, 3.8) is 0 Å². The SMILES string of the molecule is CC1CC2CC(C1)CC(C)(c1cccc(C3OCCO3)n1)C2. The second-order valence-corrected chi connectivity index (χ2v) is 8.03. The first kappa shape index (κ1) is 14.6. The fourth-order valence-corrected chi connectivity index (χ4v) is 5.25. The molecule has 0 amide bonds. The summed E-state index contributed by atoms with van der Waals surface area (Å²) in [4.78, 5) is 4.95. The van der Waals surface area contributed by atoms with E-state index in [9.17, 15) is 0 Å². The molecular formula is C19H27NO2. The maximum Gasteiger partial charge on any atom is 0.201 e. The molecule has 2 saturated carbocycles. The highest BCUT2D eigenvalue weighted by Gasteiger charge is 2.42. The minimum Gasteiger partial charge on any atom is -0.345 e. The highest BCUT2D eigenvalue weighted by atomic mass is 16.7. The van der Waals surface area contributed by atoms with E-state index in [0.717, 1.165) is 23.4 Å². The van der Waals surface area contributed by atoms with Gasteiger partial charge in [0.15, 0.2) is 0 Å². The molecule has 1 aromatic heterocycles. The monoisotopic (exact) mass is 301 g/mol. The molecule has 3 nitrogen and oxygen atoms in total. The summed E-state index contributed by atoms with van der Waals surface area (Å²) in [5.74, 6) is 2.68. The molecule has 2 bridgehead atoms. The van der Waals surface area contributed by atoms with Gasteiger partial charge in [-0.15, -0.1) is 0 Å². The minimum absolute atomic E-state index is 0.225. The standard InChI is InChI=1S/C19H27NO2/c1-13-8-14-10-15(9-13)12-19(2,11-14)17-5-3-4-16(20-17)18-21-6-7-22-18/h3-5,13-15,18H,6-12H2,1-2H3. The Morgan fingerprint density at radius 1 is 1.05 bits per heavy atom. The van der Waals surface area contributed by atoms with E-state index in [1.807, 2.05) is 6.07 Å². The van der Waals surface area contributed by atoms with E-state index in [4.69, 9.17) is 14.5 Å². The molecule has 4 rings (SSSR count). The maximum absolute atomic E-state index is 5.62. The molecule has 120 valence electrons. The summed E-state index contributed by atoms with van der Waals surface area (Å²) in [7, 11) is 0. The smallest absolute Gasteiger partial charge is 0.201 e. The van der Waals surface area contributed by atoms with Gasteiger partial charge in [-0.3, -0.25) is 4.98 Å². The summed E-state index contributed by atoms with van der Waals surface area (Å²) in [5.41, 5.74) is 2.41. The zero-order valence-corrected chi connectivity index (χ0v) is 13.8. The van der Waals surface area contributed by atoms with Crippen molar-refractivity contribution in [3.05, 3.63) is 29.6 Å². The largest absolute Gasteiger partial charge is 0.345 e. The van der Waals surface area contributed by atoms with Gasteiger partial charge in [0, 0.05) is 11.1 Å². The van der Waals surface area contributed by atoms with Crippen LogP contribution < -0.4 is 0 Å². The highest BCUT2D eigenvalue weighted by Crippen LogP contribution is 2.51. The van der Waals surface area contributed by atoms with Gasteiger partial charge in [-0.1, -0.05) is 19.9 Å². The van der Waals surface area contributed by atoms with Crippen LogP contribution in [0.25, 0.3) is 0 Å². The van der Waals surface area contributed by atoms with Crippen LogP contribution in [0.2, 0.25) is 0 Å². The van der Waals surface area contributed by atoms with Crippen molar-refractivity contribution in [3.8, 4) is 0 Å². The molecule has 0 spiro atoms. The molecular weight excluding hydrogens is 274 g/mol. The topological polar surface area (TPSA) is 31.4 Å². The Morgan fingerprint density at radius 2 is 1.73 bits per heavy atom. The molecule has 3 heteroatoms. The average Bonchev–Trinajstić information content (AvgIpc) is 3.00. The normalized spacial score (nSPS) is 39.1. The number of hydrogen-bond donors (Lipinski definition) is 0. The van der Waals surface area contributed by atoms with E-state index in [1.54, 1.807) is 0 Å². The van der Waals surface area contributed by atoms with E-state index in [1.165, 1.54) is 37.8 Å². The third kappa shape index (κ3) is 2.69. The lowest BCUT2D eigenvalue weighted by Gasteiger charge is -2.47. The minimum atomic E-state index is -0.258. The molecule has 1 aliphatic heterocycles. The van der Waals surface area contributed by atoms with Crippen LogP contribution in [0.3, 0.4) is 0 Å². The molecule has 1 aromatic rings. The van der Waals surface area contributed by atoms with E-state index in [0.29, 0.717) is 13.2 Å². The summed E-state index contributed by atoms with van der Waals surface area (Å²) in [6.07, 6.45) is 6.56. The Kier molecular flexibility index (Phi) is 3.74. The van der Waals surface area contributed by atoms with Gasteiger partial charge in [-0.25, -0.2) is 0 Å². The Morgan fingerprint density at radius 3 is 2.41 bits per heavy atom. The average molecular weight is 301 g/mol. The van der Waals surface area contributed by atoms with Crippen LogP contribution in [0.1, 0.15) is 63.6 Å². The molecule has 2 heterocycles. The van der Waals surface area contributed by atoms with Gasteiger partial charge in [0.05, 0.1) is 18.9 Å². The number of rotatable bonds is 2. The highest BCUT2D eigenvalue weighted by molar-refractivity contribution is 5.22. The van der Waals surface area contributed by atoms with E-state index >= 15 is 0 Å². The van der Waals surface area contributed by atoms with E-state index in [2.05, 4.69) is 26.0 Å². The zero-order valence-electron chi connectivity index (χ0n) is 13.8. The molecule has 0 aromatic carbocycles. The molecule has 2 unspecified atom stereocenters. The van der Waals surface area contributed by atoms with Gasteiger partial charge in [0.1, 0.15) is 0 Å². The van der Waals surface area contributed by atoms with E-state index < -0.39 is 0 Å². The van der Waals surface area contributed by atoms with Crippen molar-refractivity contribution in [2.75, 3.05) is 13.2 Å². The molecule has 0 N–H and O–H groups in total. The quantitative estimate of drug-likeness (QED) is 0.819. The Balaban J connectivity index is 1.59. The third-order valence-electron chi connectivity index (χ3n) is 5.87. The summed E-state index contributed by atoms with van der Waals surface area (Å²) in [6, 6.07) is 6.37. The lowest BCUT2D eigenvalue weighted by molar-refractivity contribution is -0.0476. The Bertz CT molecular complexity index is 520. The lowest BCUT2D eigenvalue weighted by Crippen LogP contribution is -2.39. The van der Waals surface area contributed by atoms with Crippen molar-refractivity contribution in [2.45, 2.75) is 57.7 Å². The fraction of sp³-hybridized carbons (Fsp3) is 0.737. The Labute approximate surface area is 133 Å². The van der Waals surface area contributed by atoms with Crippen LogP contribution >= 0.6 is 0 Å². The maximum atomic E-state index is 5.62. The second kappa shape index (κ2) is 5.61. The predicted octanol–water partition coefficient (Wildman–Crippen LogP) is 4.23. The summed E-state index contributed by atoms with van der Waals surface area (Å²) in [6.45, 7) is 6.20. The zero-order chi connectivity index (χ0) is 15.2. The second-order valence-electron chi connectivity index (χ2n) is 8.03. The van der Waals surface area contributed by atoms with Crippen LogP contribution in [0.5, 0.6) is 0 Å². The van der Waals surface area contributed by atoms with Gasteiger partial charge in [0.2, 0.25) is 6.29 Å². The first-order valence-corrected chi connectivity index (χ1v) is 8.83. The third-order valence-corrected chi connectivity index (χ3v) is 5.87. The van der Waals surface area contributed by atoms with Crippen molar-refractivity contribution in [1.29, 1.82) is 0 Å². The summed E-state index contributed by atoms with van der Waals surface area (Å²) in [5, 5.41) is 0. The molecule has 1 saturated heterocycles. The van der Waals surface area contributed by atoms with Gasteiger partial charge in [0.25, 0.3) is 0 Å². The number of fused-ring (bicyclic) bond motifs is 2. The van der Waals surface area contributed by atoms with Crippen LogP contribution in [0.4, 0.5) is 0 Å². The Hall–Kier alpha value is -0.930. The van der Waals surface area contributed by atoms with Crippen LogP contribution in [-0.4, -0.2) is 18.2 Å². The lowest BCUT2D eigenvalue weighted by atomic mass is 9.58. The molecule has 2 aliphatic carbocycles. The number of pyridine rings is 1.